The Balaban J connectivity index is 0.000000109. The number of nitrogens with zero attached hydrogens (tertiary/aromatic N) is 10. The van der Waals surface area contributed by atoms with Crippen molar-refractivity contribution in [3.05, 3.63) is 496 Å². The molecule has 30 rings (SSSR count). The largest absolute Gasteiger partial charge is 0.456 e. The minimum absolute atomic E-state index is 0.0543. The first-order chi connectivity index (χ1) is 73.4. The zero-order chi connectivity index (χ0) is 99.4. The summed E-state index contributed by atoms with van der Waals surface area (Å²) in [7, 11) is 0. The summed E-state index contributed by atoms with van der Waals surface area (Å²) < 4.78 is 23.1. The van der Waals surface area contributed by atoms with E-state index in [0.29, 0.717) is 5.92 Å². The summed E-state index contributed by atoms with van der Waals surface area (Å²) in [6, 6.07) is 167. The smallest absolute Gasteiger partial charge is 0.135 e. The summed E-state index contributed by atoms with van der Waals surface area (Å²) in [6.07, 6.45) is 6.64. The van der Waals surface area contributed by atoms with Crippen LogP contribution in [0.4, 0.5) is 0 Å². The molecule has 11 heteroatoms. The third kappa shape index (κ3) is 14.4. The molecule has 0 aliphatic heterocycles. The zero-order valence-corrected chi connectivity index (χ0v) is 83.3. The summed E-state index contributed by atoms with van der Waals surface area (Å²) >= 11 is 0. The van der Waals surface area contributed by atoms with Gasteiger partial charge in [0, 0.05) is 161 Å². The van der Waals surface area contributed by atoms with Gasteiger partial charge in [-0.1, -0.05) is 302 Å². The van der Waals surface area contributed by atoms with Gasteiger partial charge in [0.1, 0.15) is 11.2 Å². The van der Waals surface area contributed by atoms with E-state index >= 15 is 0 Å². The molecular formula is C138H100N10O. The molecule has 0 N–H and O–H groups in total. The van der Waals surface area contributed by atoms with Crippen LogP contribution in [0.15, 0.2) is 484 Å². The molecule has 0 atom stereocenters. The Labute approximate surface area is 860 Å². The maximum Gasteiger partial charge on any atom is 0.135 e. The number of pyridine rings is 3. The minimum Gasteiger partial charge on any atom is -0.456 e. The Kier molecular flexibility index (Phi) is 20.8. The van der Waals surface area contributed by atoms with Crippen LogP contribution in [0.3, 0.4) is 0 Å². The van der Waals surface area contributed by atoms with E-state index in [2.05, 4.69) is 510 Å². The summed E-state index contributed by atoms with van der Waals surface area (Å²) in [5.41, 5.74) is 38.6. The Hall–Kier alpha value is -19.0. The molecule has 0 saturated carbocycles. The van der Waals surface area contributed by atoms with Crippen molar-refractivity contribution >= 4 is 175 Å². The fraction of sp³-hybridized carbons (Fsp3) is 0.0652. The van der Waals surface area contributed by atoms with Gasteiger partial charge in [-0.05, 0) is 246 Å². The quantitative estimate of drug-likeness (QED) is 0.115. The van der Waals surface area contributed by atoms with E-state index in [1.54, 1.807) is 0 Å². The average molecular weight is 1910 g/mol. The highest BCUT2D eigenvalue weighted by Gasteiger charge is 2.28. The molecule has 0 radical (unpaired) electrons. The molecule has 0 spiro atoms. The fourth-order valence-corrected chi connectivity index (χ4v) is 24.0. The molecule has 30 aromatic rings. The number of benzene rings is 19. The lowest BCUT2D eigenvalue weighted by Crippen LogP contribution is -2.13. The molecule has 0 aliphatic rings. The number of hydrogen-bond acceptors (Lipinski definition) is 4. The second-order valence-corrected chi connectivity index (χ2v) is 40.6. The SMILES string of the molecule is CC(C)(C)c1cccnc1-c1cc(-c2ccc3oc4ccccc4c3c2)cc(-n2c3ccccc3c3ccccc32)c1.CC(C)c1cccnc1-c1cc(-n2c3ccccc3c3ccccc32)cc(-n2c3ccccc3c3cc(-n4c5ccccc5c5ccccc54)ccc32)c1.CCc1cccnc1-c1cc(-n2c3ccccc3c3ccccc32)cc(-n2c3ccccc3c3cc(-n4c5ccccc5c5ccccc54)ccc32)c1. The predicted molar refractivity (Wildman–Crippen MR) is 624 cm³/mol. The van der Waals surface area contributed by atoms with E-state index in [4.69, 9.17) is 19.4 Å². The standard InChI is InChI=1S/C50H36N4.C49H34N4.C39H30N2O/c1-32(2)37-19-13-27-51-50(37)33-28-35(53-46-22-10-5-16-40(46)41-17-6-11-23-47(41)53)30-36(29-33)54-48-24-12-7-18-42(48)43-31-34(25-26-49(43)54)52-44-20-8-3-14-38(44)39-15-4-9-21-45(39)52;1-2-32-14-13-27-50-49(32)33-28-35(52-45-22-10-5-17-39(45)40-18-6-11-23-46(40)52)30-36(29-33)53-47-24-12-7-19-41(47)42-31-34(25-26-48(42)53)51-43-20-8-3-15-37(43)38-16-4-9-21-44(38)51;1-39(2,3)33-14-10-20-40-38(33)27-21-26(25-18-19-37-32(24-25)31-13-6-9-17-36(31)42-37)22-28(23-27)41-34-15-7-4-11-29(34)30-12-5-8-16-35(30)41/h3-32H,1-2H3;3-31H,2H2,1H3;4-24H,1-3H3. The van der Waals surface area contributed by atoms with Gasteiger partial charge in [0.05, 0.1) is 94.3 Å². The molecule has 11 heterocycles. The van der Waals surface area contributed by atoms with Gasteiger partial charge in [-0.25, -0.2) is 0 Å². The molecule has 11 nitrogen and oxygen atoms in total. The van der Waals surface area contributed by atoms with Crippen LogP contribution >= 0.6 is 0 Å². The summed E-state index contributed by atoms with van der Waals surface area (Å²) in [5.74, 6) is 0.321. The maximum absolute atomic E-state index is 6.15. The van der Waals surface area contributed by atoms with Crippen LogP contribution in [0.1, 0.15) is 64.2 Å². The van der Waals surface area contributed by atoms with Gasteiger partial charge in [-0.2, -0.15) is 0 Å². The topological polar surface area (TPSA) is 86.3 Å². The molecule has 708 valence electrons. The first-order valence-electron chi connectivity index (χ1n) is 51.6. The van der Waals surface area contributed by atoms with E-state index < -0.39 is 0 Å². The molecule has 19 aromatic carbocycles. The summed E-state index contributed by atoms with van der Waals surface area (Å²) in [6.45, 7) is 13.5. The van der Waals surface area contributed by atoms with Crippen LogP contribution in [0.5, 0.6) is 0 Å². The Bertz CT molecular complexity index is 10400. The minimum atomic E-state index is -0.0543. The van der Waals surface area contributed by atoms with Crippen LogP contribution in [0.2, 0.25) is 0 Å². The highest BCUT2D eigenvalue weighted by Crippen LogP contribution is 2.48. The third-order valence-corrected chi connectivity index (χ3v) is 30.6. The average Bonchev–Trinajstić information content (AvgIpc) is 1.57. The van der Waals surface area contributed by atoms with Gasteiger partial charge in [-0.15, -0.1) is 0 Å². The number of furan rings is 1. The number of aryl methyl sites for hydroxylation is 1. The third-order valence-electron chi connectivity index (χ3n) is 30.6. The highest BCUT2D eigenvalue weighted by atomic mass is 16.3. The van der Waals surface area contributed by atoms with Crippen molar-refractivity contribution in [2.75, 3.05) is 0 Å². The van der Waals surface area contributed by atoms with Gasteiger partial charge >= 0.3 is 0 Å². The van der Waals surface area contributed by atoms with Crippen molar-refractivity contribution < 1.29 is 4.42 Å². The van der Waals surface area contributed by atoms with Crippen LogP contribution in [0, 0.1) is 0 Å². The lowest BCUT2D eigenvalue weighted by atomic mass is 9.84. The van der Waals surface area contributed by atoms with Crippen molar-refractivity contribution in [2.45, 2.75) is 59.3 Å². The van der Waals surface area contributed by atoms with Gasteiger partial charge in [-0.3, -0.25) is 15.0 Å². The molecule has 0 aliphatic carbocycles. The Morgan fingerprint density at radius 3 is 0.839 bits per heavy atom. The lowest BCUT2D eigenvalue weighted by Gasteiger charge is -2.23. The monoisotopic (exact) mass is 1910 g/mol. The normalized spacial score (nSPS) is 12.0. The number of rotatable bonds is 13. The number of fused-ring (bicyclic) bond motifs is 24. The van der Waals surface area contributed by atoms with Gasteiger partial charge in [0.2, 0.25) is 0 Å². The highest BCUT2D eigenvalue weighted by molar-refractivity contribution is 6.18. The van der Waals surface area contributed by atoms with Crippen molar-refractivity contribution in [2.24, 2.45) is 0 Å². The Morgan fingerprint density at radius 1 is 0.208 bits per heavy atom. The molecule has 0 fully saturated rings. The van der Waals surface area contributed by atoms with E-state index in [1.165, 1.54) is 158 Å². The van der Waals surface area contributed by atoms with Crippen molar-refractivity contribution in [3.63, 3.8) is 0 Å². The van der Waals surface area contributed by atoms with E-state index in [0.717, 1.165) is 124 Å². The molecule has 0 saturated heterocycles. The van der Waals surface area contributed by atoms with Crippen molar-refractivity contribution in [3.8, 4) is 84.7 Å². The van der Waals surface area contributed by atoms with E-state index in [9.17, 15) is 0 Å². The number of aromatic nitrogens is 10. The number of hydrogen-bond donors (Lipinski definition) is 0. The molecule has 0 amide bonds. The van der Waals surface area contributed by atoms with Gasteiger partial charge < -0.3 is 36.4 Å². The van der Waals surface area contributed by atoms with Crippen molar-refractivity contribution in [1.82, 2.24) is 46.9 Å². The van der Waals surface area contributed by atoms with E-state index in [-0.39, 0.29) is 5.41 Å². The Morgan fingerprint density at radius 2 is 0.483 bits per heavy atom. The van der Waals surface area contributed by atoms with Crippen molar-refractivity contribution in [1.29, 1.82) is 0 Å². The molecule has 0 bridgehead atoms. The molecule has 149 heavy (non-hydrogen) atoms. The summed E-state index contributed by atoms with van der Waals surface area (Å²) in [4.78, 5) is 15.0. The fourth-order valence-electron chi connectivity index (χ4n) is 24.0. The predicted octanol–water partition coefficient (Wildman–Crippen LogP) is 36.5. The van der Waals surface area contributed by atoms with Gasteiger partial charge in [0.15, 0.2) is 0 Å². The second-order valence-electron chi connectivity index (χ2n) is 40.6. The summed E-state index contributed by atoms with van der Waals surface area (Å²) in [5, 5.41) is 19.7. The lowest BCUT2D eigenvalue weighted by molar-refractivity contribution is 0.589. The first-order valence-corrected chi connectivity index (χ1v) is 51.6. The second kappa shape index (κ2) is 35.2. The zero-order valence-electron chi connectivity index (χ0n) is 83.3. The first kappa shape index (κ1) is 87.8. The maximum atomic E-state index is 6.15. The van der Waals surface area contributed by atoms with Gasteiger partial charge in [0.25, 0.3) is 0 Å². The van der Waals surface area contributed by atoms with Crippen LogP contribution in [-0.2, 0) is 11.8 Å². The van der Waals surface area contributed by atoms with E-state index in [1.807, 2.05) is 42.9 Å². The molecule has 0 unspecified atom stereocenters. The molecular weight excluding hydrogens is 1810 g/mol. The number of para-hydroxylation sites is 13. The molecule has 11 aromatic heterocycles. The van der Waals surface area contributed by atoms with Crippen LogP contribution < -0.4 is 0 Å². The van der Waals surface area contributed by atoms with Crippen LogP contribution in [-0.4, -0.2) is 46.9 Å². The van der Waals surface area contributed by atoms with Crippen LogP contribution in [0.25, 0.3) is 259 Å².